The van der Waals surface area contributed by atoms with E-state index in [0.29, 0.717) is 29.8 Å². The first-order valence-electron chi connectivity index (χ1n) is 13.6. The molecule has 3 atom stereocenters. The largest absolute Gasteiger partial charge is 0.389 e. The van der Waals surface area contributed by atoms with Crippen LogP contribution in [0.25, 0.3) is 5.69 Å². The average molecular weight is 558 g/mol. The van der Waals surface area contributed by atoms with Gasteiger partial charge in [0.05, 0.1) is 18.7 Å². The van der Waals surface area contributed by atoms with Crippen LogP contribution in [0.5, 0.6) is 0 Å². The van der Waals surface area contributed by atoms with E-state index in [2.05, 4.69) is 15.6 Å². The molecular weight excluding hydrogens is 522 g/mol. The molecule has 0 spiro atoms. The number of nitrogens with one attached hydrogen (secondary N) is 2. The van der Waals surface area contributed by atoms with Gasteiger partial charge in [-0.15, -0.1) is 11.3 Å². The highest BCUT2D eigenvalue weighted by Crippen LogP contribution is 2.20. The highest BCUT2D eigenvalue weighted by molar-refractivity contribution is 7.09. The van der Waals surface area contributed by atoms with Crippen LogP contribution in [0.1, 0.15) is 49.8 Å². The number of hydrogen-bond acceptors (Lipinski definition) is 6. The molecule has 40 heavy (non-hydrogen) atoms. The molecule has 2 aromatic heterocycles. The molecule has 5 rings (SSSR count). The zero-order chi connectivity index (χ0) is 28.1. The van der Waals surface area contributed by atoms with Crippen LogP contribution in [0.2, 0.25) is 0 Å². The standard InChI is InChI=1S/C31H35N5O3S/c1-21-20-40-28(33-21)19-35(2)31(39)24-16-23(17-25(18-24)36-13-6-7-14-36)30(38)34-27(15-22-9-4-3-5-10-22)29(37)26-11-8-12-32-26/h3-7,9-10,13-14,16-18,20,26-27,29,32,37H,8,11-12,15,19H2,1-2H3,(H,34,38)/t26?,27-,29+/m0/s1. The number of carbonyl (C=O) groups excluding carboxylic acids is 2. The average Bonchev–Trinajstić information content (AvgIpc) is 3.76. The van der Waals surface area contributed by atoms with E-state index < -0.39 is 12.1 Å². The normalized spacial score (nSPS) is 16.4. The number of thiazole rings is 1. The minimum Gasteiger partial charge on any atom is -0.389 e. The lowest BCUT2D eigenvalue weighted by Crippen LogP contribution is -2.52. The third-order valence-electron chi connectivity index (χ3n) is 7.25. The Morgan fingerprint density at radius 2 is 1.90 bits per heavy atom. The van der Waals surface area contributed by atoms with Gasteiger partial charge in [0.2, 0.25) is 0 Å². The molecule has 1 aliphatic rings. The number of rotatable bonds is 10. The molecule has 0 bridgehead atoms. The van der Waals surface area contributed by atoms with Crippen LogP contribution >= 0.6 is 11.3 Å². The number of aryl methyl sites for hydroxylation is 1. The fourth-order valence-corrected chi connectivity index (χ4v) is 5.98. The summed E-state index contributed by atoms with van der Waals surface area (Å²) in [5.74, 6) is -0.536. The van der Waals surface area contributed by atoms with Gasteiger partial charge in [-0.1, -0.05) is 30.3 Å². The number of aliphatic hydroxyl groups excluding tert-OH is 1. The van der Waals surface area contributed by atoms with Crippen LogP contribution in [0, 0.1) is 6.92 Å². The van der Waals surface area contributed by atoms with Gasteiger partial charge in [0, 0.05) is 53.4 Å². The van der Waals surface area contributed by atoms with Crippen LogP contribution in [-0.4, -0.2) is 63.2 Å². The second-order valence-corrected chi connectivity index (χ2v) is 11.3. The molecule has 208 valence electrons. The SMILES string of the molecule is Cc1csc(CN(C)C(=O)c2cc(C(=O)N[C@@H](Cc3ccccc3)[C@H](O)C3CCCN3)cc(-n3cccc3)c2)n1. The Morgan fingerprint density at radius 3 is 2.58 bits per heavy atom. The molecule has 0 saturated carbocycles. The maximum Gasteiger partial charge on any atom is 0.254 e. The van der Waals surface area contributed by atoms with Crippen LogP contribution in [-0.2, 0) is 13.0 Å². The van der Waals surface area contributed by atoms with Gasteiger partial charge in [0.1, 0.15) is 5.01 Å². The van der Waals surface area contributed by atoms with Crippen molar-refractivity contribution >= 4 is 23.2 Å². The monoisotopic (exact) mass is 557 g/mol. The van der Waals surface area contributed by atoms with Crippen molar-refractivity contribution in [3.05, 3.63) is 106 Å². The Morgan fingerprint density at radius 1 is 1.15 bits per heavy atom. The van der Waals surface area contributed by atoms with Gasteiger partial charge in [0.15, 0.2) is 0 Å². The van der Waals surface area contributed by atoms with Gasteiger partial charge in [-0.2, -0.15) is 0 Å². The van der Waals surface area contributed by atoms with Crippen molar-refractivity contribution in [2.24, 2.45) is 0 Å². The molecule has 1 fully saturated rings. The summed E-state index contributed by atoms with van der Waals surface area (Å²) in [5, 5.41) is 20.6. The van der Waals surface area contributed by atoms with Gasteiger partial charge in [-0.05, 0) is 68.6 Å². The van der Waals surface area contributed by atoms with Crippen molar-refractivity contribution in [1.82, 2.24) is 25.1 Å². The highest BCUT2D eigenvalue weighted by atomic mass is 32.1. The number of hydrogen-bond donors (Lipinski definition) is 3. The van der Waals surface area contributed by atoms with E-state index >= 15 is 0 Å². The maximum atomic E-state index is 13.7. The van der Waals surface area contributed by atoms with E-state index in [4.69, 9.17) is 0 Å². The summed E-state index contributed by atoms with van der Waals surface area (Å²) in [4.78, 5) is 33.3. The van der Waals surface area contributed by atoms with Crippen molar-refractivity contribution in [1.29, 1.82) is 0 Å². The molecule has 0 aliphatic carbocycles. The van der Waals surface area contributed by atoms with Gasteiger partial charge < -0.3 is 25.2 Å². The number of carbonyl (C=O) groups is 2. The molecule has 1 unspecified atom stereocenters. The fourth-order valence-electron chi connectivity index (χ4n) is 5.15. The fraction of sp³-hybridized carbons (Fsp3) is 0.323. The minimum absolute atomic E-state index is 0.0829. The smallest absolute Gasteiger partial charge is 0.254 e. The van der Waals surface area contributed by atoms with E-state index in [0.717, 1.165) is 35.7 Å². The second kappa shape index (κ2) is 12.6. The predicted molar refractivity (Wildman–Crippen MR) is 157 cm³/mol. The van der Waals surface area contributed by atoms with Crippen molar-refractivity contribution < 1.29 is 14.7 Å². The van der Waals surface area contributed by atoms with Gasteiger partial charge in [-0.25, -0.2) is 4.98 Å². The van der Waals surface area contributed by atoms with Crippen molar-refractivity contribution in [2.75, 3.05) is 13.6 Å². The number of benzene rings is 2. The van der Waals surface area contributed by atoms with E-state index in [1.54, 1.807) is 30.1 Å². The lowest BCUT2D eigenvalue weighted by atomic mass is 9.95. The molecule has 9 heteroatoms. The summed E-state index contributed by atoms with van der Waals surface area (Å²) in [7, 11) is 1.74. The number of amides is 2. The number of aliphatic hydroxyl groups is 1. The molecule has 2 aromatic carbocycles. The molecule has 8 nitrogen and oxygen atoms in total. The molecule has 0 radical (unpaired) electrons. The second-order valence-electron chi connectivity index (χ2n) is 10.4. The van der Waals surface area contributed by atoms with E-state index in [1.165, 1.54) is 11.3 Å². The minimum atomic E-state index is -0.756. The van der Waals surface area contributed by atoms with E-state index in [-0.39, 0.29) is 17.9 Å². The Bertz CT molecular complexity index is 1430. The van der Waals surface area contributed by atoms with Crippen LogP contribution in [0.4, 0.5) is 0 Å². The van der Waals surface area contributed by atoms with Gasteiger partial charge in [0.25, 0.3) is 11.8 Å². The third-order valence-corrected chi connectivity index (χ3v) is 8.20. The predicted octanol–water partition coefficient (Wildman–Crippen LogP) is 3.97. The highest BCUT2D eigenvalue weighted by Gasteiger charge is 2.31. The summed E-state index contributed by atoms with van der Waals surface area (Å²) in [6.07, 6.45) is 5.34. The third kappa shape index (κ3) is 6.67. The summed E-state index contributed by atoms with van der Waals surface area (Å²) in [6, 6.07) is 18.3. The summed E-state index contributed by atoms with van der Waals surface area (Å²) >= 11 is 1.52. The first-order chi connectivity index (χ1) is 19.4. The first kappa shape index (κ1) is 27.8. The number of nitrogens with zero attached hydrogens (tertiary/aromatic N) is 3. The molecule has 1 aliphatic heterocycles. The van der Waals surface area contributed by atoms with Crippen LogP contribution < -0.4 is 10.6 Å². The summed E-state index contributed by atoms with van der Waals surface area (Å²) in [6.45, 7) is 3.16. The van der Waals surface area contributed by atoms with Crippen LogP contribution in [0.15, 0.2) is 78.4 Å². The Balaban J connectivity index is 1.42. The Hall–Kier alpha value is -3.79. The van der Waals surface area contributed by atoms with Gasteiger partial charge >= 0.3 is 0 Å². The summed E-state index contributed by atoms with van der Waals surface area (Å²) < 4.78 is 1.87. The first-order valence-corrected chi connectivity index (χ1v) is 14.5. The van der Waals surface area contributed by atoms with Crippen molar-refractivity contribution in [3.63, 3.8) is 0 Å². The van der Waals surface area contributed by atoms with E-state index in [1.807, 2.05) is 71.7 Å². The molecule has 3 heterocycles. The van der Waals surface area contributed by atoms with Crippen molar-refractivity contribution in [2.45, 2.75) is 50.9 Å². The lowest BCUT2D eigenvalue weighted by Gasteiger charge is -2.29. The lowest BCUT2D eigenvalue weighted by molar-refractivity contribution is 0.0737. The van der Waals surface area contributed by atoms with E-state index in [9.17, 15) is 14.7 Å². The molecule has 4 aromatic rings. The number of aromatic nitrogens is 2. The zero-order valence-corrected chi connectivity index (χ0v) is 23.6. The molecule has 3 N–H and O–H groups in total. The Labute approximate surface area is 238 Å². The molecule has 1 saturated heterocycles. The zero-order valence-electron chi connectivity index (χ0n) is 22.8. The quantitative estimate of drug-likeness (QED) is 0.274. The Kier molecular flexibility index (Phi) is 8.74. The molecule has 2 amide bonds. The summed E-state index contributed by atoms with van der Waals surface area (Å²) in [5.41, 5.74) is 3.43. The topological polar surface area (TPSA) is 99.5 Å². The maximum absolute atomic E-state index is 13.7. The van der Waals surface area contributed by atoms with Gasteiger partial charge in [-0.3, -0.25) is 9.59 Å². The molecular formula is C31H35N5O3S. The van der Waals surface area contributed by atoms with Crippen molar-refractivity contribution in [3.8, 4) is 5.69 Å². The van der Waals surface area contributed by atoms with Crippen LogP contribution in [0.3, 0.4) is 0 Å².